The number of rotatable bonds is 3. The van der Waals surface area contributed by atoms with Crippen LogP contribution in [0.1, 0.15) is 6.42 Å². The molecule has 2 rings (SSSR count). The Balaban J connectivity index is 1.99. The fourth-order valence-electron chi connectivity index (χ4n) is 2.43. The highest BCUT2D eigenvalue weighted by atomic mass is 16.5. The maximum atomic E-state index is 12.1. The highest BCUT2D eigenvalue weighted by Gasteiger charge is 2.41. The molecule has 0 bridgehead atoms. The van der Waals surface area contributed by atoms with Crippen LogP contribution in [-0.2, 0) is 19.1 Å². The molecule has 2 aliphatic rings. The lowest BCUT2D eigenvalue weighted by Gasteiger charge is -2.27. The maximum Gasteiger partial charge on any atom is 0.318 e. The molecular formula is C12H17N3O6. The summed E-state index contributed by atoms with van der Waals surface area (Å²) in [7, 11) is 2.79. The number of aliphatic carboxylic acids is 1. The lowest BCUT2D eigenvalue weighted by Crippen LogP contribution is -2.52. The summed E-state index contributed by atoms with van der Waals surface area (Å²) in [6.07, 6.45) is -0.0849. The molecule has 3 unspecified atom stereocenters. The first kappa shape index (κ1) is 15.2. The number of carboxylic acids is 1. The van der Waals surface area contributed by atoms with Gasteiger partial charge in [0.05, 0.1) is 25.7 Å². The van der Waals surface area contributed by atoms with Crippen LogP contribution in [0.15, 0.2) is 0 Å². The second-order valence-corrected chi connectivity index (χ2v) is 5.16. The van der Waals surface area contributed by atoms with Gasteiger partial charge >= 0.3 is 12.0 Å². The predicted octanol–water partition coefficient (Wildman–Crippen LogP) is -1.52. The zero-order valence-electron chi connectivity index (χ0n) is 11.7. The summed E-state index contributed by atoms with van der Waals surface area (Å²) in [5.41, 5.74) is 0. The van der Waals surface area contributed by atoms with Gasteiger partial charge < -0.3 is 20.1 Å². The standard InChI is InChI=1S/C12H17N3O6/c1-14(8-5-21-4-6(8)11(18)19)12(20)13-7-3-9(16)15(2)10(7)17/h6-8H,3-5H2,1-2H3,(H,13,20)(H,18,19). The molecule has 9 nitrogen and oxygen atoms in total. The average Bonchev–Trinajstić information content (AvgIpc) is 3.00. The predicted molar refractivity (Wildman–Crippen MR) is 68.2 cm³/mol. The maximum absolute atomic E-state index is 12.1. The molecular weight excluding hydrogens is 282 g/mol. The molecule has 0 aliphatic carbocycles. The fraction of sp³-hybridized carbons (Fsp3) is 0.667. The highest BCUT2D eigenvalue weighted by Crippen LogP contribution is 2.19. The monoisotopic (exact) mass is 299 g/mol. The third kappa shape index (κ3) is 2.82. The van der Waals surface area contributed by atoms with Crippen LogP contribution in [0.5, 0.6) is 0 Å². The highest BCUT2D eigenvalue weighted by molar-refractivity contribution is 6.06. The van der Waals surface area contributed by atoms with E-state index in [1.54, 1.807) is 0 Å². The van der Waals surface area contributed by atoms with Crippen molar-refractivity contribution in [3.63, 3.8) is 0 Å². The van der Waals surface area contributed by atoms with Crippen molar-refractivity contribution in [2.24, 2.45) is 5.92 Å². The molecule has 116 valence electrons. The Morgan fingerprint density at radius 2 is 2.05 bits per heavy atom. The number of likely N-dealkylation sites (N-methyl/N-ethyl adjacent to an activating group) is 2. The topological polar surface area (TPSA) is 116 Å². The molecule has 3 atom stereocenters. The third-order valence-electron chi connectivity index (χ3n) is 3.86. The van der Waals surface area contributed by atoms with Crippen LogP contribution < -0.4 is 5.32 Å². The molecule has 2 N–H and O–H groups in total. The number of urea groups is 1. The van der Waals surface area contributed by atoms with E-state index >= 15 is 0 Å². The van der Waals surface area contributed by atoms with Crippen molar-refractivity contribution < 1.29 is 29.0 Å². The lowest BCUT2D eigenvalue weighted by atomic mass is 10.0. The molecule has 0 radical (unpaired) electrons. The molecule has 2 saturated heterocycles. The summed E-state index contributed by atoms with van der Waals surface area (Å²) in [6.45, 7) is 0.166. The van der Waals surface area contributed by atoms with E-state index in [1.165, 1.54) is 19.0 Å². The van der Waals surface area contributed by atoms with Gasteiger partial charge in [-0.05, 0) is 0 Å². The molecule has 2 heterocycles. The van der Waals surface area contributed by atoms with Crippen LogP contribution in [0.2, 0.25) is 0 Å². The van der Waals surface area contributed by atoms with E-state index in [4.69, 9.17) is 9.84 Å². The largest absolute Gasteiger partial charge is 0.481 e. The second-order valence-electron chi connectivity index (χ2n) is 5.16. The van der Waals surface area contributed by atoms with Gasteiger partial charge in [0.1, 0.15) is 12.0 Å². The molecule has 9 heteroatoms. The molecule has 2 aliphatic heterocycles. The number of amides is 4. The summed E-state index contributed by atoms with van der Waals surface area (Å²) >= 11 is 0. The van der Waals surface area contributed by atoms with Crippen molar-refractivity contribution in [3.05, 3.63) is 0 Å². The quantitative estimate of drug-likeness (QED) is 0.612. The van der Waals surface area contributed by atoms with Crippen LogP contribution in [-0.4, -0.2) is 78.1 Å². The van der Waals surface area contributed by atoms with Gasteiger partial charge in [-0.25, -0.2) is 4.79 Å². The van der Waals surface area contributed by atoms with Gasteiger partial charge in [-0.1, -0.05) is 0 Å². The summed E-state index contributed by atoms with van der Waals surface area (Å²) < 4.78 is 5.10. The smallest absolute Gasteiger partial charge is 0.318 e. The Morgan fingerprint density at radius 3 is 2.57 bits per heavy atom. The number of carbonyl (C=O) groups is 4. The number of carbonyl (C=O) groups excluding carboxylic acids is 3. The van der Waals surface area contributed by atoms with Gasteiger partial charge in [0.15, 0.2) is 0 Å². The normalized spacial score (nSPS) is 28.9. The van der Waals surface area contributed by atoms with E-state index in [-0.39, 0.29) is 25.5 Å². The van der Waals surface area contributed by atoms with Crippen molar-refractivity contribution in [1.29, 1.82) is 0 Å². The second kappa shape index (κ2) is 5.68. The molecule has 0 saturated carbocycles. The Hall–Kier alpha value is -2.16. The summed E-state index contributed by atoms with van der Waals surface area (Å²) in [5.74, 6) is -2.67. The van der Waals surface area contributed by atoms with Crippen LogP contribution in [0.3, 0.4) is 0 Å². The summed E-state index contributed by atoms with van der Waals surface area (Å²) in [5, 5.41) is 11.5. The van der Waals surface area contributed by atoms with Crippen molar-refractivity contribution in [1.82, 2.24) is 15.1 Å². The Labute approximate surface area is 120 Å². The molecule has 0 aromatic carbocycles. The van der Waals surface area contributed by atoms with E-state index in [0.717, 1.165) is 4.90 Å². The molecule has 0 aromatic rings. The van der Waals surface area contributed by atoms with E-state index in [1.807, 2.05) is 0 Å². The van der Waals surface area contributed by atoms with Gasteiger partial charge in [0, 0.05) is 14.1 Å². The number of hydrogen-bond acceptors (Lipinski definition) is 5. The Morgan fingerprint density at radius 1 is 1.38 bits per heavy atom. The summed E-state index contributed by atoms with van der Waals surface area (Å²) in [4.78, 5) is 48.5. The van der Waals surface area contributed by atoms with Crippen molar-refractivity contribution in [2.45, 2.75) is 18.5 Å². The average molecular weight is 299 g/mol. The van der Waals surface area contributed by atoms with Crippen molar-refractivity contribution in [3.8, 4) is 0 Å². The molecule has 0 aromatic heterocycles. The van der Waals surface area contributed by atoms with E-state index in [9.17, 15) is 19.2 Å². The minimum Gasteiger partial charge on any atom is -0.481 e. The van der Waals surface area contributed by atoms with E-state index in [2.05, 4.69) is 5.32 Å². The van der Waals surface area contributed by atoms with Crippen LogP contribution in [0, 0.1) is 5.92 Å². The van der Waals surface area contributed by atoms with Gasteiger partial charge in [-0.3, -0.25) is 19.3 Å². The zero-order valence-corrected chi connectivity index (χ0v) is 11.7. The van der Waals surface area contributed by atoms with Gasteiger partial charge in [-0.15, -0.1) is 0 Å². The lowest BCUT2D eigenvalue weighted by molar-refractivity contribution is -0.143. The summed E-state index contributed by atoms with van der Waals surface area (Å²) in [6, 6.07) is -2.10. The van der Waals surface area contributed by atoms with E-state index in [0.29, 0.717) is 0 Å². The third-order valence-corrected chi connectivity index (χ3v) is 3.86. The number of nitrogens with one attached hydrogen (secondary N) is 1. The first-order valence-electron chi connectivity index (χ1n) is 6.47. The number of imide groups is 1. The number of nitrogens with zero attached hydrogens (tertiary/aromatic N) is 2. The molecule has 21 heavy (non-hydrogen) atoms. The zero-order chi connectivity index (χ0) is 15.7. The molecule has 4 amide bonds. The van der Waals surface area contributed by atoms with Gasteiger partial charge in [-0.2, -0.15) is 0 Å². The number of likely N-dealkylation sites (tertiary alicyclic amines) is 1. The van der Waals surface area contributed by atoms with Crippen LogP contribution in [0.25, 0.3) is 0 Å². The van der Waals surface area contributed by atoms with Crippen molar-refractivity contribution in [2.75, 3.05) is 27.3 Å². The number of carboxylic acid groups (broad SMARTS) is 1. The fourth-order valence-corrected chi connectivity index (χ4v) is 2.43. The van der Waals surface area contributed by atoms with Crippen molar-refractivity contribution >= 4 is 23.8 Å². The first-order valence-corrected chi connectivity index (χ1v) is 6.47. The first-order chi connectivity index (χ1) is 9.82. The number of hydrogen-bond donors (Lipinski definition) is 2. The Kier molecular flexibility index (Phi) is 4.12. The molecule has 0 spiro atoms. The van der Waals surface area contributed by atoms with Gasteiger partial charge in [0.2, 0.25) is 5.91 Å². The van der Waals surface area contributed by atoms with Gasteiger partial charge in [0.25, 0.3) is 5.91 Å². The van der Waals surface area contributed by atoms with E-state index < -0.39 is 35.9 Å². The SMILES string of the molecule is CN1C(=O)CC(NC(=O)N(C)C2COCC2C(=O)O)C1=O. The molecule has 2 fully saturated rings. The minimum absolute atomic E-state index is 0.0429. The number of ether oxygens (including phenoxy) is 1. The van der Waals surface area contributed by atoms with Crippen LogP contribution in [0.4, 0.5) is 4.79 Å². The Bertz CT molecular complexity index is 493. The van der Waals surface area contributed by atoms with Crippen LogP contribution >= 0.6 is 0 Å². The minimum atomic E-state index is -1.04.